The Hall–Kier alpha value is -6.23. The molecule has 0 saturated carbocycles. The van der Waals surface area contributed by atoms with Gasteiger partial charge < -0.3 is 18.9 Å². The lowest BCUT2D eigenvalue weighted by atomic mass is 10.1. The number of aliphatic imine (C=N–C) groups is 1. The fourth-order valence-corrected chi connectivity index (χ4v) is 6.42. The van der Waals surface area contributed by atoms with Crippen LogP contribution < -0.4 is 23.8 Å². The number of carbonyl (C=O) groups is 1. The largest absolute Gasteiger partial charge is 0.493 e. The zero-order valence-electron chi connectivity index (χ0n) is 31.1. The first kappa shape index (κ1) is 38.1. The van der Waals surface area contributed by atoms with Crippen molar-refractivity contribution in [3.05, 3.63) is 147 Å². The number of hydrogen-bond donors (Lipinski definition) is 0. The summed E-state index contributed by atoms with van der Waals surface area (Å²) in [4.78, 5) is 35.2. The van der Waals surface area contributed by atoms with Crippen LogP contribution in [0.1, 0.15) is 29.3 Å². The molecule has 0 bridgehead atoms. The van der Waals surface area contributed by atoms with E-state index in [2.05, 4.69) is 18.0 Å². The number of amidine groups is 1. The zero-order chi connectivity index (χ0) is 39.2. The highest BCUT2D eigenvalue weighted by atomic mass is 35.5. The second-order valence-corrected chi connectivity index (χ2v) is 13.4. The van der Waals surface area contributed by atoms with E-state index in [1.807, 2.05) is 79.0 Å². The maximum Gasteiger partial charge on any atom is 0.285 e. The first-order chi connectivity index (χ1) is 27.3. The molecular weight excluding hydrogens is 749 g/mol. The van der Waals surface area contributed by atoms with E-state index in [-0.39, 0.29) is 11.6 Å². The molecule has 7 rings (SSSR count). The maximum atomic E-state index is 14.5. The first-order valence-corrected chi connectivity index (χ1v) is 18.6. The van der Waals surface area contributed by atoms with E-state index in [0.29, 0.717) is 80.0 Å². The topological polar surface area (TPSA) is 108 Å². The van der Waals surface area contributed by atoms with Crippen LogP contribution in [0, 0.1) is 0 Å². The summed E-state index contributed by atoms with van der Waals surface area (Å²) in [6.45, 7) is 2.58. The second kappa shape index (κ2) is 17.1. The van der Waals surface area contributed by atoms with Gasteiger partial charge in [-0.15, -0.1) is 0 Å². The fraction of sp³-hybridized carbons (Fsp3) is 0.159. The van der Waals surface area contributed by atoms with Gasteiger partial charge in [-0.05, 0) is 84.3 Å². The number of carbonyl (C=O) groups excluding carboxylic acids is 1. The Morgan fingerprint density at radius 2 is 1.43 bits per heavy atom. The number of aromatic nitrogens is 3. The van der Waals surface area contributed by atoms with E-state index in [4.69, 9.17) is 57.1 Å². The Morgan fingerprint density at radius 1 is 0.732 bits per heavy atom. The highest BCUT2D eigenvalue weighted by Crippen LogP contribution is 2.40. The van der Waals surface area contributed by atoms with Crippen LogP contribution in [-0.2, 0) is 17.6 Å². The molecule has 0 N–H and O–H groups in total. The molecule has 2 aromatic heterocycles. The minimum absolute atomic E-state index is 0.117. The summed E-state index contributed by atoms with van der Waals surface area (Å²) < 4.78 is 22.7. The van der Waals surface area contributed by atoms with E-state index in [1.54, 1.807) is 30.3 Å². The van der Waals surface area contributed by atoms with Gasteiger partial charge >= 0.3 is 0 Å². The van der Waals surface area contributed by atoms with Crippen molar-refractivity contribution in [1.29, 1.82) is 0 Å². The van der Waals surface area contributed by atoms with Crippen molar-refractivity contribution < 1.29 is 23.7 Å². The van der Waals surface area contributed by atoms with Crippen molar-refractivity contribution in [2.24, 2.45) is 4.99 Å². The van der Waals surface area contributed by atoms with Crippen molar-refractivity contribution >= 4 is 47.0 Å². The lowest BCUT2D eigenvalue weighted by molar-refractivity contribution is -0.113. The van der Waals surface area contributed by atoms with Gasteiger partial charge in [0.15, 0.2) is 17.3 Å². The van der Waals surface area contributed by atoms with Gasteiger partial charge in [0.1, 0.15) is 11.4 Å². The molecule has 0 spiro atoms. The molecule has 3 heterocycles. The van der Waals surface area contributed by atoms with E-state index in [0.717, 1.165) is 17.7 Å². The highest BCUT2D eigenvalue weighted by Gasteiger charge is 2.35. The molecule has 282 valence electrons. The molecule has 56 heavy (non-hydrogen) atoms. The SMILES string of the molecule is CCc1ccc(CCOc2ccc(-c3cc(-c4ccc(Cl)c(Cl)c4)nc(N4C(=O)/C(=C\c5cc(OC)c(OC)c(OC)c5)N=C4c4ccccc4)n3)cc2)nc1. The predicted octanol–water partition coefficient (Wildman–Crippen LogP) is 9.56. The van der Waals surface area contributed by atoms with Gasteiger partial charge in [0.2, 0.25) is 11.7 Å². The lowest BCUT2D eigenvalue weighted by Gasteiger charge is -2.19. The normalized spacial score (nSPS) is 13.2. The van der Waals surface area contributed by atoms with Crippen LogP contribution in [0.25, 0.3) is 28.6 Å². The van der Waals surface area contributed by atoms with Crippen LogP contribution in [0.4, 0.5) is 5.95 Å². The molecule has 0 radical (unpaired) electrons. The van der Waals surface area contributed by atoms with Crippen LogP contribution in [0.15, 0.2) is 120 Å². The van der Waals surface area contributed by atoms with E-state index < -0.39 is 5.91 Å². The maximum absolute atomic E-state index is 14.5. The molecule has 6 aromatic rings. The van der Waals surface area contributed by atoms with Crippen molar-refractivity contribution in [3.8, 4) is 45.5 Å². The number of rotatable bonds is 13. The Labute approximate surface area is 335 Å². The summed E-state index contributed by atoms with van der Waals surface area (Å²) in [6, 6.07) is 31.7. The van der Waals surface area contributed by atoms with Gasteiger partial charge in [-0.3, -0.25) is 9.78 Å². The molecule has 10 nitrogen and oxygen atoms in total. The average molecular weight is 787 g/mol. The van der Waals surface area contributed by atoms with Gasteiger partial charge in [0.05, 0.1) is 49.4 Å². The predicted molar refractivity (Wildman–Crippen MR) is 220 cm³/mol. The van der Waals surface area contributed by atoms with Crippen LogP contribution in [0.5, 0.6) is 23.0 Å². The minimum atomic E-state index is -0.433. The quantitative estimate of drug-likeness (QED) is 0.107. The molecule has 1 aliphatic rings. The third kappa shape index (κ3) is 8.22. The fourth-order valence-electron chi connectivity index (χ4n) is 6.12. The number of ether oxygens (including phenoxy) is 4. The smallest absolute Gasteiger partial charge is 0.285 e. The van der Waals surface area contributed by atoms with E-state index in [1.165, 1.54) is 31.8 Å². The van der Waals surface area contributed by atoms with Crippen molar-refractivity contribution in [1.82, 2.24) is 15.0 Å². The number of methoxy groups -OCH3 is 3. The Kier molecular flexibility index (Phi) is 11.6. The Morgan fingerprint density at radius 3 is 2.05 bits per heavy atom. The number of aryl methyl sites for hydroxylation is 1. The summed E-state index contributed by atoms with van der Waals surface area (Å²) in [6.07, 6.45) is 5.20. The third-order valence-corrected chi connectivity index (χ3v) is 9.82. The van der Waals surface area contributed by atoms with E-state index in [9.17, 15) is 4.79 Å². The van der Waals surface area contributed by atoms with Crippen molar-refractivity contribution in [2.45, 2.75) is 19.8 Å². The van der Waals surface area contributed by atoms with Crippen LogP contribution in [0.2, 0.25) is 10.0 Å². The summed E-state index contributed by atoms with van der Waals surface area (Å²) in [7, 11) is 4.59. The van der Waals surface area contributed by atoms with Crippen molar-refractivity contribution in [2.75, 3.05) is 32.8 Å². The summed E-state index contributed by atoms with van der Waals surface area (Å²) in [5, 5.41) is 0.771. The van der Waals surface area contributed by atoms with Crippen LogP contribution >= 0.6 is 23.2 Å². The molecule has 0 unspecified atom stereocenters. The number of anilines is 1. The highest BCUT2D eigenvalue weighted by molar-refractivity contribution is 6.42. The molecule has 1 amide bonds. The van der Waals surface area contributed by atoms with Crippen LogP contribution in [-0.4, -0.2) is 54.6 Å². The van der Waals surface area contributed by atoms with Gasteiger partial charge in [-0.25, -0.2) is 19.9 Å². The second-order valence-electron chi connectivity index (χ2n) is 12.6. The number of hydrogen-bond acceptors (Lipinski definition) is 9. The average Bonchev–Trinajstić information content (AvgIpc) is 3.56. The summed E-state index contributed by atoms with van der Waals surface area (Å²) in [5.41, 5.74) is 6.17. The number of nitrogens with zero attached hydrogens (tertiary/aromatic N) is 5. The van der Waals surface area contributed by atoms with Gasteiger partial charge in [-0.1, -0.05) is 72.6 Å². The number of pyridine rings is 1. The first-order valence-electron chi connectivity index (χ1n) is 17.8. The molecule has 1 aliphatic heterocycles. The van der Waals surface area contributed by atoms with Gasteiger partial charge in [0.25, 0.3) is 5.91 Å². The molecule has 4 aromatic carbocycles. The molecule has 0 aliphatic carbocycles. The zero-order valence-corrected chi connectivity index (χ0v) is 32.6. The lowest BCUT2D eigenvalue weighted by Crippen LogP contribution is -2.34. The van der Waals surface area contributed by atoms with Crippen LogP contribution in [0.3, 0.4) is 0 Å². The molecule has 0 fully saturated rings. The molecule has 0 saturated heterocycles. The molecular formula is C44H37Cl2N5O5. The standard InChI is InChI=1S/C44H37Cl2N5O5/c1-5-27-11-15-32(47-26-27)19-20-56-33-16-12-29(13-17-33)36-25-37(31-14-18-34(45)35(46)24-31)50-44(49-36)51-42(30-9-7-6-8-10-30)48-38(43(51)52)21-28-22-39(53-2)41(55-4)40(23-28)54-3/h6-18,21-26H,5,19-20H2,1-4H3/b38-21+. The summed E-state index contributed by atoms with van der Waals surface area (Å²) in [5.74, 6) is 2.04. The number of benzene rings is 4. The van der Waals surface area contributed by atoms with E-state index >= 15 is 0 Å². The molecule has 0 atom stereocenters. The Balaban J connectivity index is 1.27. The number of amides is 1. The third-order valence-electron chi connectivity index (χ3n) is 9.08. The monoisotopic (exact) mass is 785 g/mol. The Bertz CT molecular complexity index is 2410. The number of halogens is 2. The van der Waals surface area contributed by atoms with Gasteiger partial charge in [-0.2, -0.15) is 0 Å². The minimum Gasteiger partial charge on any atom is -0.493 e. The summed E-state index contributed by atoms with van der Waals surface area (Å²) >= 11 is 12.8. The molecule has 12 heteroatoms. The van der Waals surface area contributed by atoms with Crippen molar-refractivity contribution in [3.63, 3.8) is 0 Å². The van der Waals surface area contributed by atoms with Gasteiger partial charge in [0, 0.05) is 35.0 Å².